The predicted octanol–water partition coefficient (Wildman–Crippen LogP) is 1.39. The average Bonchev–Trinajstić information content (AvgIpc) is 2.90. The van der Waals surface area contributed by atoms with Crippen LogP contribution in [0.1, 0.15) is 12.0 Å². The third kappa shape index (κ3) is 2.73. The quantitative estimate of drug-likeness (QED) is 0.789. The standard InChI is InChI=1S/C16H22N2O2/c19-11-13-10-18(8-6-16(13)20)7-5-12-9-17-15-4-2-1-3-14(12)15/h1-4,9,13,16-17,19-20H,5-8,10-11H2/t13-,16-/m0/s1. The first-order valence-corrected chi connectivity index (χ1v) is 7.34. The van der Waals surface area contributed by atoms with Crippen molar-refractivity contribution in [2.75, 3.05) is 26.2 Å². The van der Waals surface area contributed by atoms with Crippen molar-refractivity contribution < 1.29 is 10.2 Å². The normalized spacial score (nSPS) is 24.3. The van der Waals surface area contributed by atoms with E-state index in [0.717, 1.165) is 32.5 Å². The van der Waals surface area contributed by atoms with Crippen molar-refractivity contribution in [3.8, 4) is 0 Å². The van der Waals surface area contributed by atoms with Crippen molar-refractivity contribution in [3.63, 3.8) is 0 Å². The summed E-state index contributed by atoms with van der Waals surface area (Å²) in [6.45, 7) is 2.76. The average molecular weight is 274 g/mol. The number of hydrogen-bond donors (Lipinski definition) is 3. The number of aromatic amines is 1. The van der Waals surface area contributed by atoms with Crippen LogP contribution in [0.5, 0.6) is 0 Å². The number of H-pyrrole nitrogens is 1. The fraction of sp³-hybridized carbons (Fsp3) is 0.500. The number of aliphatic hydroxyl groups is 2. The molecule has 3 N–H and O–H groups in total. The molecule has 1 aliphatic heterocycles. The summed E-state index contributed by atoms with van der Waals surface area (Å²) in [6, 6.07) is 8.36. The van der Waals surface area contributed by atoms with Gasteiger partial charge >= 0.3 is 0 Å². The van der Waals surface area contributed by atoms with Gasteiger partial charge in [0.05, 0.1) is 6.10 Å². The van der Waals surface area contributed by atoms with Crippen LogP contribution in [0.15, 0.2) is 30.5 Å². The molecule has 1 aromatic heterocycles. The first-order chi connectivity index (χ1) is 9.78. The number of aromatic nitrogens is 1. The molecule has 0 aliphatic carbocycles. The van der Waals surface area contributed by atoms with Gasteiger partial charge in [-0.25, -0.2) is 0 Å². The number of aliphatic hydroxyl groups excluding tert-OH is 2. The van der Waals surface area contributed by atoms with Crippen molar-refractivity contribution in [2.24, 2.45) is 5.92 Å². The number of nitrogens with one attached hydrogen (secondary N) is 1. The molecule has 2 atom stereocenters. The summed E-state index contributed by atoms with van der Waals surface area (Å²) < 4.78 is 0. The van der Waals surface area contributed by atoms with E-state index in [2.05, 4.69) is 34.3 Å². The molecule has 4 nitrogen and oxygen atoms in total. The number of fused-ring (bicyclic) bond motifs is 1. The van der Waals surface area contributed by atoms with E-state index in [1.807, 2.05) is 6.07 Å². The lowest BCUT2D eigenvalue weighted by Crippen LogP contribution is -2.45. The van der Waals surface area contributed by atoms with Gasteiger partial charge in [-0.2, -0.15) is 0 Å². The number of benzene rings is 1. The van der Waals surface area contributed by atoms with Crippen LogP contribution in [0, 0.1) is 5.92 Å². The van der Waals surface area contributed by atoms with E-state index in [4.69, 9.17) is 0 Å². The largest absolute Gasteiger partial charge is 0.396 e. The number of likely N-dealkylation sites (tertiary alicyclic amines) is 1. The molecule has 0 bridgehead atoms. The number of rotatable bonds is 4. The maximum absolute atomic E-state index is 9.79. The lowest BCUT2D eigenvalue weighted by Gasteiger charge is -2.35. The van der Waals surface area contributed by atoms with Crippen molar-refractivity contribution in [1.29, 1.82) is 0 Å². The molecule has 1 aliphatic rings. The van der Waals surface area contributed by atoms with Crippen molar-refractivity contribution >= 4 is 10.9 Å². The van der Waals surface area contributed by atoms with Crippen LogP contribution in [0.3, 0.4) is 0 Å². The molecule has 0 spiro atoms. The fourth-order valence-corrected chi connectivity index (χ4v) is 3.09. The molecule has 0 amide bonds. The van der Waals surface area contributed by atoms with Gasteiger partial charge in [0, 0.05) is 49.3 Å². The Hall–Kier alpha value is -1.36. The maximum Gasteiger partial charge on any atom is 0.0614 e. The Balaban J connectivity index is 1.62. The lowest BCUT2D eigenvalue weighted by molar-refractivity contribution is 0.000961. The monoisotopic (exact) mass is 274 g/mol. The first kappa shape index (κ1) is 13.6. The van der Waals surface area contributed by atoms with Gasteiger partial charge in [0.2, 0.25) is 0 Å². The van der Waals surface area contributed by atoms with E-state index in [9.17, 15) is 10.2 Å². The molecule has 2 heterocycles. The van der Waals surface area contributed by atoms with Gasteiger partial charge in [-0.15, -0.1) is 0 Å². The Labute approximate surface area is 119 Å². The number of piperidine rings is 1. The Morgan fingerprint density at radius 2 is 2.15 bits per heavy atom. The summed E-state index contributed by atoms with van der Waals surface area (Å²) >= 11 is 0. The number of hydrogen-bond acceptors (Lipinski definition) is 3. The summed E-state index contributed by atoms with van der Waals surface area (Å²) in [6.07, 6.45) is 3.51. The maximum atomic E-state index is 9.79. The van der Waals surface area contributed by atoms with Gasteiger partial charge in [0.15, 0.2) is 0 Å². The molecule has 2 aromatic rings. The molecule has 108 valence electrons. The van der Waals surface area contributed by atoms with Crippen molar-refractivity contribution in [2.45, 2.75) is 18.9 Å². The third-order valence-corrected chi connectivity index (χ3v) is 4.38. The molecule has 1 fully saturated rings. The van der Waals surface area contributed by atoms with Gasteiger partial charge in [0.1, 0.15) is 0 Å². The highest BCUT2D eigenvalue weighted by Crippen LogP contribution is 2.20. The molecule has 20 heavy (non-hydrogen) atoms. The van der Waals surface area contributed by atoms with Crippen LogP contribution in [0.4, 0.5) is 0 Å². The molecule has 1 aromatic carbocycles. The lowest BCUT2D eigenvalue weighted by atomic mass is 9.95. The van der Waals surface area contributed by atoms with Crippen LogP contribution in [0.25, 0.3) is 10.9 Å². The Morgan fingerprint density at radius 1 is 1.30 bits per heavy atom. The third-order valence-electron chi connectivity index (χ3n) is 4.38. The zero-order valence-corrected chi connectivity index (χ0v) is 11.6. The minimum Gasteiger partial charge on any atom is -0.396 e. The Morgan fingerprint density at radius 3 is 3.00 bits per heavy atom. The minimum absolute atomic E-state index is 0.00622. The smallest absolute Gasteiger partial charge is 0.0614 e. The van der Waals surface area contributed by atoms with Crippen LogP contribution < -0.4 is 0 Å². The van der Waals surface area contributed by atoms with Gasteiger partial charge in [-0.05, 0) is 24.5 Å². The zero-order valence-electron chi connectivity index (χ0n) is 11.6. The van der Waals surface area contributed by atoms with Crippen LogP contribution in [-0.2, 0) is 6.42 Å². The van der Waals surface area contributed by atoms with E-state index in [0.29, 0.717) is 0 Å². The summed E-state index contributed by atoms with van der Waals surface area (Å²) in [5, 5.41) is 20.4. The van der Waals surface area contributed by atoms with Crippen LogP contribution >= 0.6 is 0 Å². The summed E-state index contributed by atoms with van der Waals surface area (Å²) in [7, 11) is 0. The van der Waals surface area contributed by atoms with E-state index in [1.54, 1.807) is 0 Å². The van der Waals surface area contributed by atoms with Crippen LogP contribution in [-0.4, -0.2) is 52.4 Å². The molecule has 0 unspecified atom stereocenters. The molecule has 4 heteroatoms. The molecular formula is C16H22N2O2. The Bertz CT molecular complexity index is 566. The van der Waals surface area contributed by atoms with Gasteiger partial charge in [0.25, 0.3) is 0 Å². The minimum atomic E-state index is -0.343. The summed E-state index contributed by atoms with van der Waals surface area (Å²) in [4.78, 5) is 5.65. The van der Waals surface area contributed by atoms with Crippen molar-refractivity contribution in [3.05, 3.63) is 36.0 Å². The molecule has 0 radical (unpaired) electrons. The van der Waals surface area contributed by atoms with Gasteiger partial charge in [-0.3, -0.25) is 0 Å². The number of nitrogens with zero attached hydrogens (tertiary/aromatic N) is 1. The van der Waals surface area contributed by atoms with E-state index in [1.165, 1.54) is 16.5 Å². The molecular weight excluding hydrogens is 252 g/mol. The van der Waals surface area contributed by atoms with E-state index < -0.39 is 0 Å². The van der Waals surface area contributed by atoms with Crippen LogP contribution in [0.2, 0.25) is 0 Å². The first-order valence-electron chi connectivity index (χ1n) is 7.34. The highest BCUT2D eigenvalue weighted by Gasteiger charge is 2.26. The highest BCUT2D eigenvalue weighted by atomic mass is 16.3. The summed E-state index contributed by atoms with van der Waals surface area (Å²) in [5.41, 5.74) is 2.53. The second kappa shape index (κ2) is 5.95. The Kier molecular flexibility index (Phi) is 4.05. The van der Waals surface area contributed by atoms with Gasteiger partial charge in [-0.1, -0.05) is 18.2 Å². The second-order valence-electron chi connectivity index (χ2n) is 5.71. The second-order valence-corrected chi connectivity index (χ2v) is 5.71. The van der Waals surface area contributed by atoms with Gasteiger partial charge < -0.3 is 20.1 Å². The molecule has 1 saturated heterocycles. The summed E-state index contributed by atoms with van der Waals surface area (Å²) in [5.74, 6) is 0.00622. The van der Waals surface area contributed by atoms with Crippen molar-refractivity contribution in [1.82, 2.24) is 9.88 Å². The topological polar surface area (TPSA) is 59.5 Å². The predicted molar refractivity (Wildman–Crippen MR) is 79.6 cm³/mol. The van der Waals surface area contributed by atoms with E-state index in [-0.39, 0.29) is 18.6 Å². The number of para-hydroxylation sites is 1. The molecule has 0 saturated carbocycles. The SMILES string of the molecule is OC[C@@H]1CN(CCc2c[nH]c3ccccc23)CC[C@@H]1O. The zero-order chi connectivity index (χ0) is 13.9. The highest BCUT2D eigenvalue weighted by molar-refractivity contribution is 5.83. The fourth-order valence-electron chi connectivity index (χ4n) is 3.09. The van der Waals surface area contributed by atoms with E-state index >= 15 is 0 Å². The molecule has 3 rings (SSSR count).